The molecule has 0 aromatic carbocycles. The van der Waals surface area contributed by atoms with Crippen molar-refractivity contribution in [1.82, 2.24) is 0 Å². The van der Waals surface area contributed by atoms with E-state index in [0.29, 0.717) is 22.8 Å². The van der Waals surface area contributed by atoms with Gasteiger partial charge in [-0.05, 0) is 24.3 Å². The molecule has 12 heteroatoms. The molecular weight excluding hydrogens is 580 g/mol. The summed E-state index contributed by atoms with van der Waals surface area (Å²) in [7, 11) is 0. The summed E-state index contributed by atoms with van der Waals surface area (Å²) in [6.07, 6.45) is 6.86. The molecule has 5 rings (SSSR count). The number of halogens is 8. The van der Waals surface area contributed by atoms with Crippen LogP contribution in [0.3, 0.4) is 0 Å². The molecule has 0 unspecified atom stereocenters. The number of rotatable bonds is 0. The second-order valence-corrected chi connectivity index (χ2v) is 9.62. The zero-order valence-electron chi connectivity index (χ0n) is 15.1. The average molecular weight is 584 g/mol. The first-order chi connectivity index (χ1) is 15.2. The van der Waals surface area contributed by atoms with Crippen molar-refractivity contribution in [3.63, 3.8) is 0 Å². The summed E-state index contributed by atoms with van der Waals surface area (Å²) in [6, 6.07) is 0. The summed E-state index contributed by atoms with van der Waals surface area (Å²) in [5.74, 6) is 0. The fraction of sp³-hybridized carbons (Fsp3) is 0. The molecule has 0 radical (unpaired) electrons. The van der Waals surface area contributed by atoms with Crippen LogP contribution in [0, 0.1) is 0 Å². The van der Waals surface area contributed by atoms with Gasteiger partial charge in [0.05, 0.1) is 63.1 Å². The molecule has 5 aliphatic rings. The minimum absolute atomic E-state index is 0.0380. The Bertz CT molecular complexity index is 1420. The van der Waals surface area contributed by atoms with Gasteiger partial charge in [-0.15, -0.1) is 0 Å². The highest BCUT2D eigenvalue weighted by atomic mass is 35.5. The van der Waals surface area contributed by atoms with Crippen molar-refractivity contribution in [1.29, 1.82) is 0 Å². The third-order valence-corrected chi connectivity index (χ3v) is 7.87. The fourth-order valence-electron chi connectivity index (χ4n) is 3.12. The van der Waals surface area contributed by atoms with Gasteiger partial charge < -0.3 is 0 Å². The van der Waals surface area contributed by atoms with Crippen LogP contribution in [-0.4, -0.2) is 22.8 Å². The molecule has 0 saturated heterocycles. The van der Waals surface area contributed by atoms with E-state index in [1.54, 1.807) is 24.3 Å². The van der Waals surface area contributed by atoms with Gasteiger partial charge in [-0.1, -0.05) is 92.8 Å². The van der Waals surface area contributed by atoms with Gasteiger partial charge in [-0.3, -0.25) is 0 Å². The Labute approximate surface area is 221 Å². The predicted molar refractivity (Wildman–Crippen MR) is 137 cm³/mol. The van der Waals surface area contributed by atoms with Crippen LogP contribution in [-0.2, 0) is 0 Å². The van der Waals surface area contributed by atoms with E-state index in [9.17, 15) is 0 Å². The van der Waals surface area contributed by atoms with E-state index in [1.165, 1.54) is 0 Å². The Morgan fingerprint density at radius 3 is 1.78 bits per heavy atom. The molecule has 0 fully saturated rings. The van der Waals surface area contributed by atoms with E-state index in [-0.39, 0.29) is 63.1 Å². The zero-order valence-corrected chi connectivity index (χ0v) is 21.2. The van der Waals surface area contributed by atoms with Gasteiger partial charge in [-0.2, -0.15) is 0 Å². The molecule has 0 N–H and O–H groups in total. The summed E-state index contributed by atoms with van der Waals surface area (Å²) in [5.41, 5.74) is 2.51. The summed E-state index contributed by atoms with van der Waals surface area (Å²) in [6.45, 7) is 0. The normalized spacial score (nSPS) is 22.8. The van der Waals surface area contributed by atoms with Crippen LogP contribution in [0.4, 0.5) is 0 Å². The maximum Gasteiger partial charge on any atom is 0.105 e. The van der Waals surface area contributed by atoms with Gasteiger partial charge in [0.15, 0.2) is 0 Å². The van der Waals surface area contributed by atoms with Gasteiger partial charge in [0.25, 0.3) is 0 Å². The molecule has 0 atom stereocenters. The lowest BCUT2D eigenvalue weighted by atomic mass is 10.2. The summed E-state index contributed by atoms with van der Waals surface area (Å²) in [5, 5.41) is 0.853. The molecule has 160 valence electrons. The lowest BCUT2D eigenvalue weighted by Gasteiger charge is -2.03. The van der Waals surface area contributed by atoms with E-state index in [2.05, 4.69) is 20.0 Å². The van der Waals surface area contributed by atoms with Crippen LogP contribution >= 0.6 is 92.8 Å². The maximum absolute atomic E-state index is 6.57. The van der Waals surface area contributed by atoms with Gasteiger partial charge >= 0.3 is 0 Å². The first-order valence-electron chi connectivity index (χ1n) is 8.62. The van der Waals surface area contributed by atoms with E-state index < -0.39 is 0 Å². The largest absolute Gasteiger partial charge is 0.249 e. The first-order valence-corrected chi connectivity index (χ1v) is 11.6. The Morgan fingerprint density at radius 1 is 0.469 bits per heavy atom. The Kier molecular flexibility index (Phi) is 5.89. The molecule has 0 spiro atoms. The average Bonchev–Trinajstić information content (AvgIpc) is 3.48. The van der Waals surface area contributed by atoms with Crippen LogP contribution in [0.5, 0.6) is 0 Å². The lowest BCUT2D eigenvalue weighted by molar-refractivity contribution is 1.39. The smallest absolute Gasteiger partial charge is 0.105 e. The third kappa shape index (κ3) is 3.53. The zero-order chi connectivity index (χ0) is 22.9. The van der Waals surface area contributed by atoms with E-state index in [4.69, 9.17) is 92.8 Å². The van der Waals surface area contributed by atoms with E-state index in [0.717, 1.165) is 0 Å². The molecule has 5 aliphatic heterocycles. The standard InChI is InChI=1S/C20H4Cl8N4/c21-9-7-3-5-1-2-6(29-5)4-8-10(22)12(24)18(31-8)16(28)20-14(26)13(25)19(32-20)15(27)17(30-7)11(9)23/h1-4H. The van der Waals surface area contributed by atoms with Crippen molar-refractivity contribution in [3.8, 4) is 0 Å². The summed E-state index contributed by atoms with van der Waals surface area (Å²) < 4.78 is 0. The first kappa shape index (κ1) is 22.7. The lowest BCUT2D eigenvalue weighted by Crippen LogP contribution is -1.99. The van der Waals surface area contributed by atoms with Crippen molar-refractivity contribution in [3.05, 3.63) is 87.4 Å². The highest BCUT2D eigenvalue weighted by molar-refractivity contribution is 6.63. The van der Waals surface area contributed by atoms with Gasteiger partial charge in [0, 0.05) is 0 Å². The minimum Gasteiger partial charge on any atom is -0.249 e. The topological polar surface area (TPSA) is 49.4 Å². The molecule has 4 nitrogen and oxygen atoms in total. The fourth-order valence-corrected chi connectivity index (χ4v) is 5.15. The molecular formula is C20H4Cl8N4. The number of aliphatic imine (C=N–C) groups is 4. The van der Waals surface area contributed by atoms with Crippen molar-refractivity contribution in [2.24, 2.45) is 20.0 Å². The highest BCUT2D eigenvalue weighted by Gasteiger charge is 2.33. The summed E-state index contributed by atoms with van der Waals surface area (Å²) in [4.78, 5) is 17.8. The van der Waals surface area contributed by atoms with Gasteiger partial charge in [0.1, 0.15) is 22.8 Å². The molecule has 0 amide bonds. The second kappa shape index (κ2) is 8.30. The van der Waals surface area contributed by atoms with Crippen molar-refractivity contribution >= 4 is 116 Å². The van der Waals surface area contributed by atoms with Crippen LogP contribution in [0.2, 0.25) is 0 Å². The molecule has 0 saturated carbocycles. The number of fused-ring (bicyclic) bond motifs is 4. The van der Waals surface area contributed by atoms with Crippen LogP contribution in [0.1, 0.15) is 0 Å². The summed E-state index contributed by atoms with van der Waals surface area (Å²) >= 11 is 51.5. The number of hydrogen-bond donors (Lipinski definition) is 0. The molecule has 32 heavy (non-hydrogen) atoms. The van der Waals surface area contributed by atoms with Crippen molar-refractivity contribution in [2.45, 2.75) is 0 Å². The Morgan fingerprint density at radius 2 is 1.06 bits per heavy atom. The molecule has 0 aromatic rings. The quantitative estimate of drug-likeness (QED) is 0.277. The van der Waals surface area contributed by atoms with Crippen LogP contribution in [0.25, 0.3) is 0 Å². The highest BCUT2D eigenvalue weighted by Crippen LogP contribution is 2.44. The predicted octanol–water partition coefficient (Wildman–Crippen LogP) is 8.11. The Balaban J connectivity index is 1.83. The number of hydrogen-bond acceptors (Lipinski definition) is 4. The van der Waals surface area contributed by atoms with Crippen LogP contribution in [0.15, 0.2) is 107 Å². The molecule has 5 heterocycles. The molecule has 0 aromatic heterocycles. The number of allylic oxidation sites excluding steroid dienone is 12. The van der Waals surface area contributed by atoms with Crippen molar-refractivity contribution in [2.75, 3.05) is 0 Å². The van der Waals surface area contributed by atoms with E-state index in [1.807, 2.05) is 0 Å². The van der Waals surface area contributed by atoms with Crippen molar-refractivity contribution < 1.29 is 0 Å². The molecule has 8 bridgehead atoms. The monoisotopic (exact) mass is 580 g/mol. The van der Waals surface area contributed by atoms with E-state index >= 15 is 0 Å². The Hall–Kier alpha value is -1.08. The third-order valence-electron chi connectivity index (χ3n) is 4.63. The second-order valence-electron chi connectivity index (χ2n) is 6.60. The van der Waals surface area contributed by atoms with Gasteiger partial charge in [0.2, 0.25) is 0 Å². The van der Waals surface area contributed by atoms with Crippen LogP contribution < -0.4 is 0 Å². The minimum atomic E-state index is 0.0380. The maximum atomic E-state index is 6.57. The number of nitrogens with zero attached hydrogens (tertiary/aromatic N) is 4. The van der Waals surface area contributed by atoms with Gasteiger partial charge in [-0.25, -0.2) is 20.0 Å². The molecule has 0 aliphatic carbocycles. The SMILES string of the molecule is ClC1=C(Cl)C2=NC1=CC1=NC(=CC3=NC(=C(Cl)C4=NC(=C2Cl)C(Cl)=C4Cl)C(Cl)=C3Cl)C=C1.